The molecule has 10 heteroatoms. The SMILES string of the molecule is CC(=O)Nc1ccc(S(=O)(=O)N2CCc3nc(Cc4cccc(C)c4)nc(N4CCOCC4)c3C2)cc1. The third-order valence-electron chi connectivity index (χ3n) is 6.62. The van der Waals surface area contributed by atoms with E-state index in [9.17, 15) is 13.2 Å². The van der Waals surface area contributed by atoms with Crippen LogP contribution in [0.4, 0.5) is 11.5 Å². The number of nitrogens with one attached hydrogen (secondary N) is 1. The van der Waals surface area contributed by atoms with Crippen molar-refractivity contribution in [3.8, 4) is 0 Å². The lowest BCUT2D eigenvalue weighted by atomic mass is 10.1. The lowest BCUT2D eigenvalue weighted by Crippen LogP contribution is -2.41. The number of fused-ring (bicyclic) bond motifs is 1. The van der Waals surface area contributed by atoms with Gasteiger partial charge in [0.05, 0.1) is 23.8 Å². The van der Waals surface area contributed by atoms with Crippen LogP contribution in [0.1, 0.15) is 35.1 Å². The zero-order valence-electron chi connectivity index (χ0n) is 21.1. The minimum absolute atomic E-state index is 0.190. The number of ether oxygens (including phenoxy) is 1. The lowest BCUT2D eigenvalue weighted by molar-refractivity contribution is -0.114. The predicted octanol–water partition coefficient (Wildman–Crippen LogP) is 2.92. The number of anilines is 2. The monoisotopic (exact) mass is 521 g/mol. The van der Waals surface area contributed by atoms with Crippen LogP contribution >= 0.6 is 0 Å². The second kappa shape index (κ2) is 10.6. The highest BCUT2D eigenvalue weighted by molar-refractivity contribution is 7.89. The van der Waals surface area contributed by atoms with Gasteiger partial charge in [0.25, 0.3) is 0 Å². The summed E-state index contributed by atoms with van der Waals surface area (Å²) in [6, 6.07) is 14.6. The molecule has 1 N–H and O–H groups in total. The number of carbonyl (C=O) groups is 1. The molecule has 194 valence electrons. The maximum Gasteiger partial charge on any atom is 0.243 e. The third kappa shape index (κ3) is 5.66. The molecule has 1 aromatic heterocycles. The van der Waals surface area contributed by atoms with E-state index in [1.807, 2.05) is 6.07 Å². The van der Waals surface area contributed by atoms with Crippen LogP contribution in [0.3, 0.4) is 0 Å². The number of nitrogens with zero attached hydrogens (tertiary/aromatic N) is 4. The van der Waals surface area contributed by atoms with Gasteiger partial charge in [-0.05, 0) is 36.8 Å². The number of carbonyl (C=O) groups excluding carboxylic acids is 1. The van der Waals surface area contributed by atoms with E-state index >= 15 is 0 Å². The first-order valence-electron chi connectivity index (χ1n) is 12.4. The van der Waals surface area contributed by atoms with Gasteiger partial charge in [0.1, 0.15) is 11.6 Å². The van der Waals surface area contributed by atoms with Gasteiger partial charge in [0, 0.05) is 57.2 Å². The quantitative estimate of drug-likeness (QED) is 0.532. The normalized spacial score (nSPS) is 16.3. The Hall–Kier alpha value is -3.34. The van der Waals surface area contributed by atoms with Crippen LogP contribution in [-0.2, 0) is 38.9 Å². The average Bonchev–Trinajstić information content (AvgIpc) is 2.88. The molecule has 0 spiro atoms. The van der Waals surface area contributed by atoms with Gasteiger partial charge in [0.15, 0.2) is 0 Å². The fourth-order valence-electron chi connectivity index (χ4n) is 4.81. The lowest BCUT2D eigenvalue weighted by Gasteiger charge is -2.34. The Balaban J connectivity index is 1.45. The van der Waals surface area contributed by atoms with Gasteiger partial charge in [-0.25, -0.2) is 18.4 Å². The Labute approximate surface area is 217 Å². The minimum Gasteiger partial charge on any atom is -0.378 e. The van der Waals surface area contributed by atoms with E-state index in [2.05, 4.69) is 35.3 Å². The molecule has 9 nitrogen and oxygen atoms in total. The predicted molar refractivity (Wildman–Crippen MR) is 141 cm³/mol. The second-order valence-electron chi connectivity index (χ2n) is 9.45. The van der Waals surface area contributed by atoms with Crippen LogP contribution in [0.25, 0.3) is 0 Å². The van der Waals surface area contributed by atoms with Crippen molar-refractivity contribution >= 4 is 27.4 Å². The molecule has 2 aromatic carbocycles. The highest BCUT2D eigenvalue weighted by Gasteiger charge is 2.32. The van der Waals surface area contributed by atoms with E-state index in [-0.39, 0.29) is 17.3 Å². The molecule has 1 fully saturated rings. The third-order valence-corrected chi connectivity index (χ3v) is 8.48. The summed E-state index contributed by atoms with van der Waals surface area (Å²) >= 11 is 0. The van der Waals surface area contributed by atoms with Crippen LogP contribution in [0.2, 0.25) is 0 Å². The van der Waals surface area contributed by atoms with Crippen LogP contribution < -0.4 is 10.2 Å². The fraction of sp³-hybridized carbons (Fsp3) is 0.370. The van der Waals surface area contributed by atoms with Gasteiger partial charge in [-0.3, -0.25) is 4.79 Å². The molecule has 1 saturated heterocycles. The van der Waals surface area contributed by atoms with Gasteiger partial charge < -0.3 is 15.0 Å². The summed E-state index contributed by atoms with van der Waals surface area (Å²) in [4.78, 5) is 23.5. The van der Waals surface area contributed by atoms with Gasteiger partial charge in [0.2, 0.25) is 15.9 Å². The van der Waals surface area contributed by atoms with Crippen LogP contribution in [-0.4, -0.2) is 61.4 Å². The number of amides is 1. The number of benzene rings is 2. The van der Waals surface area contributed by atoms with Crippen molar-refractivity contribution < 1.29 is 17.9 Å². The molecule has 5 rings (SSSR count). The molecule has 2 aliphatic rings. The molecular formula is C27H31N5O4S. The van der Waals surface area contributed by atoms with Crippen molar-refractivity contribution in [1.29, 1.82) is 0 Å². The molecule has 0 atom stereocenters. The minimum atomic E-state index is -3.74. The fourth-order valence-corrected chi connectivity index (χ4v) is 6.22. The van der Waals surface area contributed by atoms with E-state index in [1.165, 1.54) is 28.9 Å². The Morgan fingerprint density at radius 1 is 1.05 bits per heavy atom. The van der Waals surface area contributed by atoms with Gasteiger partial charge >= 0.3 is 0 Å². The zero-order chi connectivity index (χ0) is 26.0. The first kappa shape index (κ1) is 25.3. The van der Waals surface area contributed by atoms with Crippen LogP contribution in [0.5, 0.6) is 0 Å². The van der Waals surface area contributed by atoms with Crippen LogP contribution in [0, 0.1) is 6.92 Å². The average molecular weight is 522 g/mol. The Morgan fingerprint density at radius 2 is 1.81 bits per heavy atom. The number of hydrogen-bond acceptors (Lipinski definition) is 7. The first-order chi connectivity index (χ1) is 17.8. The smallest absolute Gasteiger partial charge is 0.243 e. The largest absolute Gasteiger partial charge is 0.378 e. The first-order valence-corrected chi connectivity index (χ1v) is 13.9. The second-order valence-corrected chi connectivity index (χ2v) is 11.4. The van der Waals surface area contributed by atoms with Crippen molar-refractivity contribution in [3.05, 3.63) is 76.7 Å². The van der Waals surface area contributed by atoms with Crippen molar-refractivity contribution in [1.82, 2.24) is 14.3 Å². The number of hydrogen-bond donors (Lipinski definition) is 1. The highest BCUT2D eigenvalue weighted by Crippen LogP contribution is 2.31. The van der Waals surface area contributed by atoms with E-state index in [1.54, 1.807) is 12.1 Å². The molecule has 3 heterocycles. The number of aromatic nitrogens is 2. The molecule has 3 aromatic rings. The highest BCUT2D eigenvalue weighted by atomic mass is 32.2. The summed E-state index contributed by atoms with van der Waals surface area (Å²) in [7, 11) is -3.74. The number of aryl methyl sites for hydroxylation is 1. The molecule has 0 saturated carbocycles. The summed E-state index contributed by atoms with van der Waals surface area (Å²) < 4.78 is 34.1. The molecular weight excluding hydrogens is 490 g/mol. The van der Waals surface area contributed by atoms with Crippen molar-refractivity contribution in [3.63, 3.8) is 0 Å². The number of rotatable bonds is 6. The molecule has 0 unspecified atom stereocenters. The Kier molecular flexibility index (Phi) is 7.23. The molecule has 37 heavy (non-hydrogen) atoms. The molecule has 1 amide bonds. The van der Waals surface area contributed by atoms with Crippen molar-refractivity contribution in [2.24, 2.45) is 0 Å². The summed E-state index contributed by atoms with van der Waals surface area (Å²) in [6.07, 6.45) is 1.13. The van der Waals surface area contributed by atoms with E-state index in [0.29, 0.717) is 51.4 Å². The van der Waals surface area contributed by atoms with E-state index < -0.39 is 10.0 Å². The molecule has 2 aliphatic heterocycles. The molecule has 0 aliphatic carbocycles. The molecule has 0 radical (unpaired) electrons. The van der Waals surface area contributed by atoms with E-state index in [0.717, 1.165) is 28.5 Å². The Morgan fingerprint density at radius 3 is 2.51 bits per heavy atom. The summed E-state index contributed by atoms with van der Waals surface area (Å²) in [5.74, 6) is 1.34. The topological polar surface area (TPSA) is 105 Å². The summed E-state index contributed by atoms with van der Waals surface area (Å²) in [5.41, 5.74) is 4.66. The van der Waals surface area contributed by atoms with Gasteiger partial charge in [-0.2, -0.15) is 4.31 Å². The van der Waals surface area contributed by atoms with Crippen molar-refractivity contribution in [2.45, 2.75) is 38.1 Å². The van der Waals surface area contributed by atoms with Gasteiger partial charge in [-0.15, -0.1) is 0 Å². The molecule has 0 bridgehead atoms. The van der Waals surface area contributed by atoms with E-state index in [4.69, 9.17) is 14.7 Å². The van der Waals surface area contributed by atoms with Crippen LogP contribution in [0.15, 0.2) is 53.4 Å². The van der Waals surface area contributed by atoms with Crippen molar-refractivity contribution in [2.75, 3.05) is 43.1 Å². The Bertz CT molecular complexity index is 1400. The number of sulfonamides is 1. The zero-order valence-corrected chi connectivity index (χ0v) is 21.9. The standard InChI is InChI=1S/C27H31N5O4S/c1-19-4-3-5-21(16-19)17-26-29-25-10-11-32(18-24(25)27(30-26)31-12-14-36-15-13-31)37(34,35)23-8-6-22(7-9-23)28-20(2)33/h3-9,16H,10-15,17-18H2,1-2H3,(H,28,33). The number of morpholine rings is 1. The summed E-state index contributed by atoms with van der Waals surface area (Å²) in [6.45, 7) is 6.64. The maximum absolute atomic E-state index is 13.5. The summed E-state index contributed by atoms with van der Waals surface area (Å²) in [5, 5.41) is 2.67. The maximum atomic E-state index is 13.5. The van der Waals surface area contributed by atoms with Gasteiger partial charge in [-0.1, -0.05) is 29.8 Å².